The number of pyridine rings is 1. The number of likely N-dealkylation sites (tertiary alicyclic amines) is 1. The molecule has 250 valence electrons. The summed E-state index contributed by atoms with van der Waals surface area (Å²) in [6, 6.07) is 14.8. The summed E-state index contributed by atoms with van der Waals surface area (Å²) >= 11 is -1.00. The van der Waals surface area contributed by atoms with E-state index in [-0.39, 0.29) is 12.1 Å². The van der Waals surface area contributed by atoms with Gasteiger partial charge < -0.3 is 19.7 Å². The van der Waals surface area contributed by atoms with Gasteiger partial charge in [-0.1, -0.05) is 24.3 Å². The first-order valence-corrected chi connectivity index (χ1v) is 17.4. The van der Waals surface area contributed by atoms with E-state index in [1.807, 2.05) is 71.0 Å². The molecule has 1 saturated heterocycles. The minimum atomic E-state index is -2.34. The Balaban J connectivity index is 1.28. The van der Waals surface area contributed by atoms with Crippen LogP contribution in [0.3, 0.4) is 0 Å². The number of aromatic nitrogens is 4. The van der Waals surface area contributed by atoms with Crippen LogP contribution in [0.5, 0.6) is 11.6 Å². The summed E-state index contributed by atoms with van der Waals surface area (Å²) in [5.74, 6) is 1.34. The van der Waals surface area contributed by atoms with Crippen molar-refractivity contribution in [2.75, 3.05) is 22.7 Å². The van der Waals surface area contributed by atoms with Gasteiger partial charge >= 0.3 is 6.09 Å². The second-order valence-corrected chi connectivity index (χ2v) is 14.5. The molecular formula is C34H37N7O5S2. The van der Waals surface area contributed by atoms with Crippen LogP contribution < -0.4 is 14.4 Å². The summed E-state index contributed by atoms with van der Waals surface area (Å²) in [7, 11) is 0. The summed E-state index contributed by atoms with van der Waals surface area (Å²) in [6.07, 6.45) is 6.29. The van der Waals surface area contributed by atoms with Crippen LogP contribution in [0.25, 0.3) is 22.0 Å². The van der Waals surface area contributed by atoms with Crippen molar-refractivity contribution in [3.05, 3.63) is 77.7 Å². The van der Waals surface area contributed by atoms with Gasteiger partial charge in [-0.25, -0.2) is 33.2 Å². The Labute approximate surface area is 285 Å². The number of carbonyl (C=O) groups excluding carboxylic acids is 1. The molecule has 12 nitrogen and oxygen atoms in total. The number of nitrogens with zero attached hydrogens (tertiary/aromatic N) is 6. The number of piperidine rings is 1. The third kappa shape index (κ3) is 7.40. The van der Waals surface area contributed by atoms with Gasteiger partial charge in [0.1, 0.15) is 16.4 Å². The van der Waals surface area contributed by atoms with Crippen molar-refractivity contribution in [1.29, 1.82) is 0 Å². The van der Waals surface area contributed by atoms with Crippen LogP contribution in [-0.4, -0.2) is 64.4 Å². The number of aryl methyl sites for hydroxylation is 2. The van der Waals surface area contributed by atoms with Crippen molar-refractivity contribution in [3.63, 3.8) is 0 Å². The lowest BCUT2D eigenvalue weighted by Gasteiger charge is -2.34. The van der Waals surface area contributed by atoms with Crippen molar-refractivity contribution in [1.82, 2.24) is 24.8 Å². The van der Waals surface area contributed by atoms with Crippen molar-refractivity contribution < 1.29 is 23.0 Å². The minimum absolute atomic E-state index is 0.0413. The summed E-state index contributed by atoms with van der Waals surface area (Å²) in [5, 5.41) is 6.21. The van der Waals surface area contributed by atoms with E-state index in [9.17, 15) is 13.6 Å². The van der Waals surface area contributed by atoms with Crippen molar-refractivity contribution in [3.8, 4) is 22.9 Å². The number of thiazole rings is 1. The number of fused-ring (bicyclic) bond motifs is 1. The van der Waals surface area contributed by atoms with Gasteiger partial charge in [0.15, 0.2) is 0 Å². The number of benzene rings is 2. The first-order valence-electron chi connectivity index (χ1n) is 15.5. The number of hydrogen-bond donors (Lipinski definition) is 2. The Morgan fingerprint density at radius 3 is 2.65 bits per heavy atom. The Morgan fingerprint density at radius 2 is 1.90 bits per heavy atom. The fourth-order valence-corrected chi connectivity index (χ4v) is 7.10. The Bertz CT molecular complexity index is 1980. The van der Waals surface area contributed by atoms with E-state index < -0.39 is 16.9 Å². The van der Waals surface area contributed by atoms with E-state index >= 15 is 0 Å². The Morgan fingerprint density at radius 1 is 1.06 bits per heavy atom. The van der Waals surface area contributed by atoms with Gasteiger partial charge in [-0.05, 0) is 77.3 Å². The van der Waals surface area contributed by atoms with Crippen molar-refractivity contribution >= 4 is 56.1 Å². The first-order chi connectivity index (χ1) is 23.0. The smallest absolute Gasteiger partial charge is 0.410 e. The molecule has 3 aromatic heterocycles. The van der Waals surface area contributed by atoms with E-state index in [1.165, 1.54) is 15.6 Å². The number of amides is 1. The third-order valence-electron chi connectivity index (χ3n) is 7.68. The maximum absolute atomic E-state index is 12.7. The second-order valence-electron chi connectivity index (χ2n) is 12.5. The van der Waals surface area contributed by atoms with Crippen LogP contribution in [0.4, 0.5) is 21.4 Å². The molecule has 1 fully saturated rings. The summed E-state index contributed by atoms with van der Waals surface area (Å²) < 4.78 is 36.4. The molecular weight excluding hydrogens is 651 g/mol. The van der Waals surface area contributed by atoms with Gasteiger partial charge in [0.25, 0.3) is 11.3 Å². The number of nitrogens with one attached hydrogen (secondary N) is 1. The van der Waals surface area contributed by atoms with Crippen LogP contribution >= 0.6 is 11.3 Å². The van der Waals surface area contributed by atoms with Crippen LogP contribution in [0, 0.1) is 13.8 Å². The van der Waals surface area contributed by atoms with Crippen LogP contribution in [0.15, 0.2) is 67.1 Å². The zero-order valence-corrected chi connectivity index (χ0v) is 29.0. The van der Waals surface area contributed by atoms with Gasteiger partial charge in [0, 0.05) is 42.3 Å². The average molecular weight is 688 g/mol. The zero-order valence-electron chi connectivity index (χ0n) is 27.3. The summed E-state index contributed by atoms with van der Waals surface area (Å²) in [6.45, 7) is 10.5. The fourth-order valence-electron chi connectivity index (χ4n) is 5.57. The number of rotatable bonds is 8. The topological polar surface area (TPSA) is 143 Å². The standard InChI is InChI=1S/C34H37N7O5S2/c1-21-13-14-24-25(10-6-12-28(24)41(48(43)44)29-19-37-22(2)47-29)30(21)45-31-26(11-7-16-35-31)27-15-17-36-32(39-27)38-23-9-8-18-40(20-23)33(42)46-34(3,4)5/h6-7,10-17,19,23H,8-9,18,20H2,1-5H3,(H,43,44)(H,36,38,39)/t23-/m0/s1. The molecule has 4 heterocycles. The maximum atomic E-state index is 12.7. The molecule has 1 unspecified atom stereocenters. The molecule has 0 aliphatic carbocycles. The first kappa shape index (κ1) is 33.2. The van der Waals surface area contributed by atoms with Gasteiger partial charge in [-0.3, -0.25) is 4.55 Å². The predicted octanol–water partition coefficient (Wildman–Crippen LogP) is 7.64. The molecule has 0 spiro atoms. The lowest BCUT2D eigenvalue weighted by Crippen LogP contribution is -2.47. The van der Waals surface area contributed by atoms with E-state index in [0.717, 1.165) is 34.2 Å². The lowest BCUT2D eigenvalue weighted by molar-refractivity contribution is 0.0206. The number of ether oxygens (including phenoxy) is 2. The molecule has 6 rings (SSSR count). The summed E-state index contributed by atoms with van der Waals surface area (Å²) in [5.41, 5.74) is 2.11. The van der Waals surface area contributed by atoms with E-state index in [2.05, 4.69) is 20.3 Å². The highest BCUT2D eigenvalue weighted by atomic mass is 32.2. The highest BCUT2D eigenvalue weighted by Gasteiger charge is 2.28. The predicted molar refractivity (Wildman–Crippen MR) is 188 cm³/mol. The van der Waals surface area contributed by atoms with E-state index in [1.54, 1.807) is 35.6 Å². The van der Waals surface area contributed by atoms with Crippen LogP contribution in [0.2, 0.25) is 0 Å². The van der Waals surface area contributed by atoms with Crippen molar-refractivity contribution in [2.45, 2.75) is 59.1 Å². The van der Waals surface area contributed by atoms with E-state index in [4.69, 9.17) is 14.5 Å². The molecule has 0 saturated carbocycles. The quantitative estimate of drug-likeness (QED) is 0.156. The molecule has 2 aromatic carbocycles. The number of carbonyl (C=O) groups is 1. The molecule has 2 atom stereocenters. The van der Waals surface area contributed by atoms with Gasteiger partial charge in [-0.2, -0.15) is 0 Å². The fraction of sp³-hybridized carbons (Fsp3) is 0.324. The highest BCUT2D eigenvalue weighted by molar-refractivity contribution is 7.81. The molecule has 0 radical (unpaired) electrons. The lowest BCUT2D eigenvalue weighted by atomic mass is 10.0. The number of anilines is 3. The van der Waals surface area contributed by atoms with Gasteiger partial charge in [0.05, 0.1) is 28.1 Å². The molecule has 14 heteroatoms. The van der Waals surface area contributed by atoms with Crippen LogP contribution in [-0.2, 0) is 16.0 Å². The maximum Gasteiger partial charge on any atom is 0.410 e. The van der Waals surface area contributed by atoms with Crippen molar-refractivity contribution in [2.24, 2.45) is 0 Å². The highest BCUT2D eigenvalue weighted by Crippen LogP contribution is 2.42. The third-order valence-corrected chi connectivity index (χ3v) is 9.40. The zero-order chi connectivity index (χ0) is 34.0. The molecule has 0 bridgehead atoms. The molecule has 1 aliphatic heterocycles. The molecule has 5 aromatic rings. The largest absolute Gasteiger partial charge is 0.444 e. The monoisotopic (exact) mass is 687 g/mol. The molecule has 48 heavy (non-hydrogen) atoms. The minimum Gasteiger partial charge on any atom is -0.444 e. The molecule has 1 aliphatic rings. The SMILES string of the molecule is Cc1ncc(N(c2cccc3c(Oc4ncccc4-c4ccnc(N[C@H]5CCCN(C(=O)OC(C)(C)C)C5)n4)c(C)ccc23)S(=O)O)s1. The van der Waals surface area contributed by atoms with E-state index in [0.29, 0.717) is 52.6 Å². The second kappa shape index (κ2) is 13.8. The number of hydrogen-bond acceptors (Lipinski definition) is 10. The Kier molecular flexibility index (Phi) is 9.58. The summed E-state index contributed by atoms with van der Waals surface area (Å²) in [4.78, 5) is 32.5. The average Bonchev–Trinajstić information content (AvgIpc) is 3.47. The van der Waals surface area contributed by atoms with Crippen LogP contribution in [0.1, 0.15) is 44.2 Å². The molecule has 2 N–H and O–H groups in total. The van der Waals surface area contributed by atoms with Gasteiger partial charge in [0.2, 0.25) is 11.8 Å². The van der Waals surface area contributed by atoms with Gasteiger partial charge in [-0.15, -0.1) is 11.3 Å². The Hall–Kier alpha value is -4.66. The normalized spacial score (nSPS) is 15.6. The molecule has 1 amide bonds.